The third-order valence-corrected chi connectivity index (χ3v) is 6.74. The van der Waals surface area contributed by atoms with Gasteiger partial charge in [-0.25, -0.2) is 0 Å². The van der Waals surface area contributed by atoms with Gasteiger partial charge in [-0.1, -0.05) is 26.0 Å². The predicted octanol–water partition coefficient (Wildman–Crippen LogP) is 1.34. The molecule has 4 amide bonds. The molecule has 0 aliphatic carbocycles. The first-order valence-electron chi connectivity index (χ1n) is 13.0. The van der Waals surface area contributed by atoms with Gasteiger partial charge >= 0.3 is 0 Å². The van der Waals surface area contributed by atoms with Gasteiger partial charge in [-0.3, -0.25) is 19.2 Å². The van der Waals surface area contributed by atoms with Crippen molar-refractivity contribution < 1.29 is 33.8 Å². The molecule has 4 N–H and O–H groups in total. The summed E-state index contributed by atoms with van der Waals surface area (Å²) in [4.78, 5) is 54.4. The van der Waals surface area contributed by atoms with Crippen LogP contribution >= 0.6 is 0 Å². The van der Waals surface area contributed by atoms with Gasteiger partial charge in [-0.15, -0.1) is 0 Å². The third-order valence-electron chi connectivity index (χ3n) is 6.74. The summed E-state index contributed by atoms with van der Waals surface area (Å²) in [6.45, 7) is 6.71. The van der Waals surface area contributed by atoms with Crippen molar-refractivity contribution in [3.05, 3.63) is 53.6 Å². The number of fused-ring (bicyclic) bond motifs is 11. The molecule has 11 heteroatoms. The fourth-order valence-electron chi connectivity index (χ4n) is 4.45. The summed E-state index contributed by atoms with van der Waals surface area (Å²) in [6, 6.07) is 8.45. The van der Waals surface area contributed by atoms with Crippen LogP contribution in [0.1, 0.15) is 36.7 Å². The average molecular weight is 539 g/mol. The minimum atomic E-state index is -0.992. The van der Waals surface area contributed by atoms with E-state index in [0.29, 0.717) is 37.8 Å². The topological polar surface area (TPSA) is 146 Å². The Morgan fingerprint density at radius 2 is 1.62 bits per heavy atom. The number of phenolic OH excluding ortho intramolecular Hbond substituents is 1. The molecule has 3 atom stereocenters. The molecular weight excluding hydrogens is 504 g/mol. The molecule has 0 aromatic heterocycles. The Kier molecular flexibility index (Phi) is 8.70. The van der Waals surface area contributed by atoms with E-state index in [1.807, 2.05) is 0 Å². The van der Waals surface area contributed by atoms with Crippen molar-refractivity contribution in [2.75, 3.05) is 26.3 Å². The molecule has 1 saturated heterocycles. The maximum atomic E-state index is 13.4. The molecule has 0 saturated carbocycles. The smallest absolute Gasteiger partial charge is 0.255 e. The summed E-state index contributed by atoms with van der Waals surface area (Å²) in [5.41, 5.74) is 0.733. The zero-order chi connectivity index (χ0) is 28.1. The Labute approximate surface area is 226 Å². The number of nitrogens with one attached hydrogen (secondary N) is 3. The average Bonchev–Trinajstić information content (AvgIpc) is 2.92. The Morgan fingerprint density at radius 1 is 0.949 bits per heavy atom. The first kappa shape index (κ1) is 27.9. The Balaban J connectivity index is 1.68. The number of carbonyl (C=O) groups excluding carboxylic acids is 4. The van der Waals surface area contributed by atoms with E-state index in [2.05, 4.69) is 16.0 Å². The normalized spacial score (nSPS) is 22.7. The van der Waals surface area contributed by atoms with Gasteiger partial charge in [-0.2, -0.15) is 0 Å². The molecule has 2 aromatic rings. The number of hydrogen-bond donors (Lipinski definition) is 4. The van der Waals surface area contributed by atoms with Gasteiger partial charge in [0.05, 0.1) is 18.8 Å². The molecule has 39 heavy (non-hydrogen) atoms. The number of rotatable bonds is 2. The summed E-state index contributed by atoms with van der Waals surface area (Å²) in [5.74, 6) is -1.81. The van der Waals surface area contributed by atoms with E-state index in [9.17, 15) is 24.3 Å². The van der Waals surface area contributed by atoms with E-state index < -0.39 is 35.8 Å². The van der Waals surface area contributed by atoms with Crippen LogP contribution in [0.25, 0.3) is 0 Å². The number of ether oxygens (including phenoxy) is 2. The van der Waals surface area contributed by atoms with Gasteiger partial charge in [-0.05, 0) is 48.7 Å². The lowest BCUT2D eigenvalue weighted by Crippen LogP contribution is -2.58. The summed E-state index contributed by atoms with van der Waals surface area (Å²) >= 11 is 0. The number of aromatic hydroxyl groups is 1. The molecule has 3 heterocycles. The van der Waals surface area contributed by atoms with Crippen molar-refractivity contribution >= 4 is 23.6 Å². The Bertz CT molecular complexity index is 1220. The molecule has 5 rings (SSSR count). The van der Waals surface area contributed by atoms with Crippen LogP contribution in [0.2, 0.25) is 0 Å². The van der Waals surface area contributed by atoms with Crippen LogP contribution in [0.15, 0.2) is 42.5 Å². The molecule has 3 aliphatic heterocycles. The fourth-order valence-corrected chi connectivity index (χ4v) is 4.45. The molecule has 11 nitrogen and oxygen atoms in total. The number of morpholine rings is 1. The number of hydrogen-bond acceptors (Lipinski definition) is 7. The lowest BCUT2D eigenvalue weighted by molar-refractivity contribution is -0.140. The summed E-state index contributed by atoms with van der Waals surface area (Å²) in [7, 11) is 0. The second-order valence-electron chi connectivity index (χ2n) is 10.1. The standard InChI is InChI=1S/C28H34N4O7/c1-16(2)24-27(36)29-17(3)25(34)30-22(28(37)32-10-12-38-13-11-32)14-18-4-6-19(7-5-18)39-20-8-9-23(33)21(15-20)26(35)31-24/h4-9,15-17,22,24,33H,10-14H2,1-3H3,(H,29,36)(H,30,34)(H,31,35)/t17-,22-,24-/m0/s1. The van der Waals surface area contributed by atoms with Crippen LogP contribution in [-0.2, 0) is 25.5 Å². The van der Waals surface area contributed by atoms with Crippen LogP contribution in [-0.4, -0.2) is 78.1 Å². The quantitative estimate of drug-likeness (QED) is 0.422. The monoisotopic (exact) mass is 538 g/mol. The van der Waals surface area contributed by atoms with Crippen LogP contribution in [0, 0.1) is 5.92 Å². The van der Waals surface area contributed by atoms with Crippen LogP contribution in [0.4, 0.5) is 0 Å². The molecular formula is C28H34N4O7. The highest BCUT2D eigenvalue weighted by Gasteiger charge is 2.32. The van der Waals surface area contributed by atoms with Crippen molar-refractivity contribution in [3.8, 4) is 17.2 Å². The highest BCUT2D eigenvalue weighted by atomic mass is 16.5. The van der Waals surface area contributed by atoms with Crippen LogP contribution < -0.4 is 20.7 Å². The minimum absolute atomic E-state index is 0.0565. The largest absolute Gasteiger partial charge is 0.507 e. The second-order valence-corrected chi connectivity index (χ2v) is 10.1. The fraction of sp³-hybridized carbons (Fsp3) is 0.429. The Hall–Kier alpha value is -4.12. The number of benzene rings is 2. The van der Waals surface area contributed by atoms with Crippen molar-refractivity contribution in [3.63, 3.8) is 0 Å². The molecule has 0 unspecified atom stereocenters. The van der Waals surface area contributed by atoms with Crippen molar-refractivity contribution in [1.82, 2.24) is 20.9 Å². The van der Waals surface area contributed by atoms with Gasteiger partial charge in [0.25, 0.3) is 5.91 Å². The molecule has 0 spiro atoms. The molecule has 3 aliphatic rings. The number of amides is 4. The van der Waals surface area contributed by atoms with Gasteiger partial charge in [0.1, 0.15) is 35.4 Å². The van der Waals surface area contributed by atoms with E-state index in [-0.39, 0.29) is 29.6 Å². The zero-order valence-corrected chi connectivity index (χ0v) is 22.2. The lowest BCUT2D eigenvalue weighted by Gasteiger charge is -2.31. The maximum absolute atomic E-state index is 13.4. The highest BCUT2D eigenvalue weighted by molar-refractivity contribution is 6.00. The summed E-state index contributed by atoms with van der Waals surface area (Å²) < 4.78 is 11.2. The lowest BCUT2D eigenvalue weighted by atomic mass is 10.0. The summed E-state index contributed by atoms with van der Waals surface area (Å²) in [5, 5.41) is 18.4. The molecule has 1 fully saturated rings. The van der Waals surface area contributed by atoms with Gasteiger partial charge in [0, 0.05) is 19.5 Å². The van der Waals surface area contributed by atoms with Gasteiger partial charge < -0.3 is 35.4 Å². The maximum Gasteiger partial charge on any atom is 0.255 e. The van der Waals surface area contributed by atoms with Crippen molar-refractivity contribution in [2.24, 2.45) is 5.92 Å². The van der Waals surface area contributed by atoms with Crippen LogP contribution in [0.3, 0.4) is 0 Å². The minimum Gasteiger partial charge on any atom is -0.507 e. The molecule has 0 radical (unpaired) electrons. The number of phenols is 1. The Morgan fingerprint density at radius 3 is 2.28 bits per heavy atom. The van der Waals surface area contributed by atoms with E-state index in [1.54, 1.807) is 43.0 Å². The van der Waals surface area contributed by atoms with E-state index in [1.165, 1.54) is 25.1 Å². The number of nitrogens with zero attached hydrogens (tertiary/aromatic N) is 1. The third kappa shape index (κ3) is 6.85. The van der Waals surface area contributed by atoms with Crippen LogP contribution in [0.5, 0.6) is 17.2 Å². The number of carbonyl (C=O) groups is 4. The molecule has 208 valence electrons. The zero-order valence-electron chi connectivity index (χ0n) is 22.2. The van der Waals surface area contributed by atoms with Crippen molar-refractivity contribution in [1.29, 1.82) is 0 Å². The summed E-state index contributed by atoms with van der Waals surface area (Å²) in [6.07, 6.45) is 0.233. The van der Waals surface area contributed by atoms with Gasteiger partial charge in [0.15, 0.2) is 0 Å². The second kappa shape index (κ2) is 12.2. The van der Waals surface area contributed by atoms with E-state index in [4.69, 9.17) is 9.47 Å². The molecule has 4 bridgehead atoms. The SMILES string of the molecule is CC(C)[C@@H]1NC(=O)c2cc(ccc2O)Oc2ccc(cc2)C[C@@H](C(=O)N2CCOCC2)NC(=O)[C@H](C)NC1=O. The highest BCUT2D eigenvalue weighted by Crippen LogP contribution is 2.28. The van der Waals surface area contributed by atoms with Gasteiger partial charge in [0.2, 0.25) is 17.7 Å². The van der Waals surface area contributed by atoms with E-state index >= 15 is 0 Å². The van der Waals surface area contributed by atoms with E-state index in [0.717, 1.165) is 5.56 Å². The first-order chi connectivity index (χ1) is 18.6. The first-order valence-corrected chi connectivity index (χ1v) is 13.0. The molecule has 2 aromatic carbocycles. The predicted molar refractivity (Wildman–Crippen MR) is 141 cm³/mol. The van der Waals surface area contributed by atoms with Crippen molar-refractivity contribution in [2.45, 2.75) is 45.3 Å².